The van der Waals surface area contributed by atoms with E-state index in [4.69, 9.17) is 4.74 Å². The van der Waals surface area contributed by atoms with Gasteiger partial charge in [0.2, 0.25) is 0 Å². The van der Waals surface area contributed by atoms with Gasteiger partial charge < -0.3 is 4.74 Å². The van der Waals surface area contributed by atoms with E-state index < -0.39 is 0 Å². The molecule has 0 saturated carbocycles. The molecule has 1 aromatic heterocycles. The van der Waals surface area contributed by atoms with Crippen molar-refractivity contribution in [3.63, 3.8) is 0 Å². The predicted octanol–water partition coefficient (Wildman–Crippen LogP) is 2.47. The maximum Gasteiger partial charge on any atom is 0.170 e. The summed E-state index contributed by atoms with van der Waals surface area (Å²) in [4.78, 5) is 12.3. The van der Waals surface area contributed by atoms with Crippen molar-refractivity contribution >= 4 is 5.78 Å². The largest absolute Gasteiger partial charge is 0.496 e. The molecule has 0 atom stereocenters. The van der Waals surface area contributed by atoms with Crippen LogP contribution in [0.3, 0.4) is 0 Å². The number of carbonyl (C=O) groups excluding carboxylic acids is 1. The molecule has 4 nitrogen and oxygen atoms in total. The van der Waals surface area contributed by atoms with Crippen LogP contribution in [0.1, 0.15) is 27.2 Å². The van der Waals surface area contributed by atoms with Crippen LogP contribution in [0.4, 0.5) is 0 Å². The first-order valence-electron chi connectivity index (χ1n) is 6.18. The van der Waals surface area contributed by atoms with Crippen molar-refractivity contribution in [2.75, 3.05) is 7.11 Å². The minimum Gasteiger partial charge on any atom is -0.496 e. The van der Waals surface area contributed by atoms with Crippen LogP contribution >= 0.6 is 0 Å². The number of ketones is 1. The number of aryl methyl sites for hydroxylation is 3. The van der Waals surface area contributed by atoms with E-state index in [-0.39, 0.29) is 5.78 Å². The van der Waals surface area contributed by atoms with Crippen LogP contribution in [0.5, 0.6) is 5.75 Å². The molecule has 0 aliphatic rings. The molecule has 0 radical (unpaired) electrons. The number of Topliss-reactive ketones (excluding diaryl/α,β-unsaturated/α-hetero) is 1. The zero-order valence-corrected chi connectivity index (χ0v) is 11.7. The Labute approximate surface area is 113 Å². The standard InChI is InChI=1S/C15H18N2O2/c1-10-5-6-15(19-4)12(7-10)8-14(18)13-9-17(3)16-11(13)2/h5-7,9H,8H2,1-4H3. The highest BCUT2D eigenvalue weighted by Crippen LogP contribution is 2.22. The van der Waals surface area contributed by atoms with E-state index in [9.17, 15) is 4.79 Å². The molecule has 0 N–H and O–H groups in total. The molecule has 1 aromatic carbocycles. The van der Waals surface area contributed by atoms with Crippen molar-refractivity contribution in [2.24, 2.45) is 7.05 Å². The summed E-state index contributed by atoms with van der Waals surface area (Å²) in [5.74, 6) is 0.815. The number of methoxy groups -OCH3 is 1. The Morgan fingerprint density at radius 3 is 2.68 bits per heavy atom. The van der Waals surface area contributed by atoms with Crippen molar-refractivity contribution in [2.45, 2.75) is 20.3 Å². The van der Waals surface area contributed by atoms with Crippen LogP contribution in [0.2, 0.25) is 0 Å². The summed E-state index contributed by atoms with van der Waals surface area (Å²) >= 11 is 0. The molecule has 0 aliphatic heterocycles. The Morgan fingerprint density at radius 2 is 2.11 bits per heavy atom. The van der Waals surface area contributed by atoms with Gasteiger partial charge in [0.15, 0.2) is 5.78 Å². The Kier molecular flexibility index (Phi) is 3.69. The molecule has 0 fully saturated rings. The molecule has 0 aliphatic carbocycles. The molecule has 0 spiro atoms. The van der Waals surface area contributed by atoms with Gasteiger partial charge in [0.1, 0.15) is 5.75 Å². The van der Waals surface area contributed by atoms with Gasteiger partial charge in [-0.2, -0.15) is 5.10 Å². The van der Waals surface area contributed by atoms with Crippen molar-refractivity contribution in [1.29, 1.82) is 0 Å². The van der Waals surface area contributed by atoms with E-state index in [1.54, 1.807) is 18.0 Å². The molecule has 0 amide bonds. The Hall–Kier alpha value is -2.10. The predicted molar refractivity (Wildman–Crippen MR) is 73.7 cm³/mol. The van der Waals surface area contributed by atoms with Gasteiger partial charge >= 0.3 is 0 Å². The van der Waals surface area contributed by atoms with Crippen molar-refractivity contribution in [1.82, 2.24) is 9.78 Å². The first-order chi connectivity index (χ1) is 9.01. The Bertz CT molecular complexity index is 615. The van der Waals surface area contributed by atoms with E-state index in [2.05, 4.69) is 5.10 Å². The van der Waals surface area contributed by atoms with Gasteiger partial charge in [-0.25, -0.2) is 0 Å². The quantitative estimate of drug-likeness (QED) is 0.791. The normalized spacial score (nSPS) is 10.5. The minimum absolute atomic E-state index is 0.0644. The highest BCUT2D eigenvalue weighted by atomic mass is 16.5. The summed E-state index contributed by atoms with van der Waals surface area (Å²) < 4.78 is 6.96. The van der Waals surface area contributed by atoms with Crippen LogP contribution in [-0.4, -0.2) is 22.7 Å². The van der Waals surface area contributed by atoms with Crippen molar-refractivity contribution < 1.29 is 9.53 Å². The first-order valence-corrected chi connectivity index (χ1v) is 6.18. The number of hydrogen-bond acceptors (Lipinski definition) is 3. The summed E-state index contributed by atoms with van der Waals surface area (Å²) in [5, 5.41) is 4.20. The van der Waals surface area contributed by atoms with Crippen LogP contribution < -0.4 is 4.74 Å². The third-order valence-corrected chi connectivity index (χ3v) is 3.10. The van der Waals surface area contributed by atoms with Crippen LogP contribution in [0, 0.1) is 13.8 Å². The van der Waals surface area contributed by atoms with Crippen LogP contribution in [-0.2, 0) is 13.5 Å². The average Bonchev–Trinajstić information content (AvgIpc) is 2.69. The SMILES string of the molecule is COc1ccc(C)cc1CC(=O)c1cn(C)nc1C. The molecule has 2 rings (SSSR count). The lowest BCUT2D eigenvalue weighted by Crippen LogP contribution is -2.06. The van der Waals surface area contributed by atoms with E-state index >= 15 is 0 Å². The molecule has 19 heavy (non-hydrogen) atoms. The summed E-state index contributed by atoms with van der Waals surface area (Å²) in [7, 11) is 3.44. The number of benzene rings is 1. The van der Waals surface area contributed by atoms with Crippen LogP contribution in [0.25, 0.3) is 0 Å². The van der Waals surface area contributed by atoms with E-state index in [1.807, 2.05) is 39.1 Å². The zero-order chi connectivity index (χ0) is 14.0. The summed E-state index contributed by atoms with van der Waals surface area (Å²) in [6, 6.07) is 5.86. The first kappa shape index (κ1) is 13.3. The lowest BCUT2D eigenvalue weighted by atomic mass is 10.0. The van der Waals surface area contributed by atoms with Gasteiger partial charge in [0.25, 0.3) is 0 Å². The smallest absolute Gasteiger partial charge is 0.170 e. The fraction of sp³-hybridized carbons (Fsp3) is 0.333. The van der Waals surface area contributed by atoms with E-state index in [0.29, 0.717) is 12.0 Å². The average molecular weight is 258 g/mol. The molecule has 2 aromatic rings. The highest BCUT2D eigenvalue weighted by molar-refractivity contribution is 5.98. The fourth-order valence-electron chi connectivity index (χ4n) is 2.19. The second kappa shape index (κ2) is 5.26. The molecule has 100 valence electrons. The summed E-state index contributed by atoms with van der Waals surface area (Å²) in [6.07, 6.45) is 2.09. The van der Waals surface area contributed by atoms with Gasteiger partial charge in [0, 0.05) is 25.2 Å². The fourth-order valence-corrected chi connectivity index (χ4v) is 2.19. The van der Waals surface area contributed by atoms with Gasteiger partial charge in [-0.15, -0.1) is 0 Å². The second-order valence-corrected chi connectivity index (χ2v) is 4.72. The summed E-state index contributed by atoms with van der Waals surface area (Å²) in [5.41, 5.74) is 3.47. The van der Waals surface area contributed by atoms with E-state index in [1.165, 1.54) is 0 Å². The lowest BCUT2D eigenvalue weighted by molar-refractivity contribution is 0.0991. The van der Waals surface area contributed by atoms with Gasteiger partial charge in [-0.1, -0.05) is 17.7 Å². The number of rotatable bonds is 4. The zero-order valence-electron chi connectivity index (χ0n) is 11.7. The number of nitrogens with zero attached hydrogens (tertiary/aromatic N) is 2. The topological polar surface area (TPSA) is 44.1 Å². The summed E-state index contributed by atoms with van der Waals surface area (Å²) in [6.45, 7) is 3.85. The molecular formula is C15H18N2O2. The highest BCUT2D eigenvalue weighted by Gasteiger charge is 2.15. The maximum atomic E-state index is 12.3. The van der Waals surface area contributed by atoms with Crippen molar-refractivity contribution in [3.05, 3.63) is 46.8 Å². The third kappa shape index (κ3) is 2.84. The molecule has 1 heterocycles. The third-order valence-electron chi connectivity index (χ3n) is 3.10. The second-order valence-electron chi connectivity index (χ2n) is 4.72. The number of ether oxygens (including phenoxy) is 1. The molecule has 0 saturated heterocycles. The lowest BCUT2D eigenvalue weighted by Gasteiger charge is -2.08. The minimum atomic E-state index is 0.0644. The van der Waals surface area contributed by atoms with Gasteiger partial charge in [-0.05, 0) is 19.9 Å². The Morgan fingerprint density at radius 1 is 1.37 bits per heavy atom. The van der Waals surface area contributed by atoms with Crippen LogP contribution in [0.15, 0.2) is 24.4 Å². The van der Waals surface area contributed by atoms with Gasteiger partial charge in [-0.3, -0.25) is 9.48 Å². The molecule has 0 bridgehead atoms. The number of carbonyl (C=O) groups is 1. The number of aromatic nitrogens is 2. The number of hydrogen-bond donors (Lipinski definition) is 0. The van der Waals surface area contributed by atoms with E-state index in [0.717, 1.165) is 22.6 Å². The molecule has 0 unspecified atom stereocenters. The monoisotopic (exact) mass is 258 g/mol. The molecular weight excluding hydrogens is 240 g/mol. The Balaban J connectivity index is 2.28. The maximum absolute atomic E-state index is 12.3. The van der Waals surface area contributed by atoms with Crippen molar-refractivity contribution in [3.8, 4) is 5.75 Å². The molecule has 4 heteroatoms. The van der Waals surface area contributed by atoms with Gasteiger partial charge in [0.05, 0.1) is 18.4 Å².